The van der Waals surface area contributed by atoms with Crippen molar-refractivity contribution in [1.29, 1.82) is 0 Å². The van der Waals surface area contributed by atoms with Gasteiger partial charge < -0.3 is 9.84 Å². The Balaban J connectivity index is 1.54. The maximum atomic E-state index is 13.0. The molecule has 0 atom stereocenters. The van der Waals surface area contributed by atoms with Gasteiger partial charge in [0.05, 0.1) is 6.42 Å². The fourth-order valence-corrected chi connectivity index (χ4v) is 2.32. The molecular weight excluding hydrogens is 283 g/mol. The molecular formula is C17H15FN2O2. The molecule has 0 spiro atoms. The average molecular weight is 298 g/mol. The van der Waals surface area contributed by atoms with E-state index in [0.29, 0.717) is 24.2 Å². The lowest BCUT2D eigenvalue weighted by molar-refractivity contribution is -0.120. The molecule has 4 nitrogen and oxygen atoms in total. The summed E-state index contributed by atoms with van der Waals surface area (Å²) in [5, 5.41) is 7.59. The van der Waals surface area contributed by atoms with E-state index < -0.39 is 0 Å². The van der Waals surface area contributed by atoms with Gasteiger partial charge in [0.15, 0.2) is 5.58 Å². The Labute approximate surface area is 126 Å². The minimum absolute atomic E-state index is 0.129. The number of nitrogens with one attached hydrogen (secondary N) is 1. The van der Waals surface area contributed by atoms with E-state index >= 15 is 0 Å². The maximum absolute atomic E-state index is 13.0. The standard InChI is InChI=1S/C17H15FN2O2/c18-13-5-3-4-12(10-13)8-9-19-17(21)11-15-14-6-1-2-7-16(14)22-20-15/h1-7,10H,8-9,11H2,(H,19,21). The van der Waals surface area contributed by atoms with Crippen molar-refractivity contribution in [3.63, 3.8) is 0 Å². The lowest BCUT2D eigenvalue weighted by atomic mass is 10.1. The van der Waals surface area contributed by atoms with E-state index in [1.54, 1.807) is 6.07 Å². The second-order valence-electron chi connectivity index (χ2n) is 5.03. The zero-order valence-electron chi connectivity index (χ0n) is 11.9. The summed E-state index contributed by atoms with van der Waals surface area (Å²) in [6.45, 7) is 0.456. The third-order valence-corrected chi connectivity index (χ3v) is 3.41. The van der Waals surface area contributed by atoms with Crippen molar-refractivity contribution in [2.24, 2.45) is 0 Å². The van der Waals surface area contributed by atoms with Crippen LogP contribution in [0.25, 0.3) is 11.0 Å². The largest absolute Gasteiger partial charge is 0.356 e. The fourth-order valence-electron chi connectivity index (χ4n) is 2.32. The summed E-state index contributed by atoms with van der Waals surface area (Å²) < 4.78 is 18.2. The molecule has 0 unspecified atom stereocenters. The number of hydrogen-bond donors (Lipinski definition) is 1. The Hall–Kier alpha value is -2.69. The minimum Gasteiger partial charge on any atom is -0.356 e. The predicted octanol–water partition coefficient (Wildman–Crippen LogP) is 2.87. The van der Waals surface area contributed by atoms with Gasteiger partial charge in [-0.1, -0.05) is 29.4 Å². The van der Waals surface area contributed by atoms with Crippen molar-refractivity contribution in [3.05, 3.63) is 65.6 Å². The van der Waals surface area contributed by atoms with Gasteiger partial charge in [-0.25, -0.2) is 4.39 Å². The molecule has 3 rings (SSSR count). The highest BCUT2D eigenvalue weighted by Crippen LogP contribution is 2.17. The van der Waals surface area contributed by atoms with Gasteiger partial charge >= 0.3 is 0 Å². The van der Waals surface area contributed by atoms with Gasteiger partial charge in [-0.2, -0.15) is 0 Å². The summed E-state index contributed by atoms with van der Waals surface area (Å²) >= 11 is 0. The van der Waals surface area contributed by atoms with E-state index in [1.807, 2.05) is 30.3 Å². The molecule has 22 heavy (non-hydrogen) atoms. The summed E-state index contributed by atoms with van der Waals surface area (Å²) in [4.78, 5) is 11.9. The fraction of sp³-hybridized carbons (Fsp3) is 0.176. The quantitative estimate of drug-likeness (QED) is 0.788. The monoisotopic (exact) mass is 298 g/mol. The summed E-state index contributed by atoms with van der Waals surface area (Å²) in [6, 6.07) is 13.8. The van der Waals surface area contributed by atoms with Crippen LogP contribution in [0.3, 0.4) is 0 Å². The lowest BCUT2D eigenvalue weighted by Crippen LogP contribution is -2.27. The van der Waals surface area contributed by atoms with Gasteiger partial charge in [0, 0.05) is 11.9 Å². The highest BCUT2D eigenvalue weighted by atomic mass is 19.1. The molecule has 0 bridgehead atoms. The van der Waals surface area contributed by atoms with Crippen LogP contribution in [0.2, 0.25) is 0 Å². The van der Waals surface area contributed by atoms with Crippen molar-refractivity contribution < 1.29 is 13.7 Å². The molecule has 1 amide bonds. The van der Waals surface area contributed by atoms with Crippen molar-refractivity contribution in [1.82, 2.24) is 10.5 Å². The van der Waals surface area contributed by atoms with Gasteiger partial charge in [-0.05, 0) is 36.2 Å². The lowest BCUT2D eigenvalue weighted by Gasteiger charge is -2.04. The maximum Gasteiger partial charge on any atom is 0.226 e. The Kier molecular flexibility index (Phi) is 4.14. The van der Waals surface area contributed by atoms with Crippen molar-refractivity contribution in [2.45, 2.75) is 12.8 Å². The topological polar surface area (TPSA) is 55.1 Å². The van der Waals surface area contributed by atoms with E-state index in [-0.39, 0.29) is 18.1 Å². The van der Waals surface area contributed by atoms with Gasteiger partial charge in [-0.3, -0.25) is 4.79 Å². The summed E-state index contributed by atoms with van der Waals surface area (Å²) in [7, 11) is 0. The van der Waals surface area contributed by atoms with Gasteiger partial charge in [0.2, 0.25) is 5.91 Å². The normalized spacial score (nSPS) is 10.8. The number of nitrogens with zero attached hydrogens (tertiary/aromatic N) is 1. The average Bonchev–Trinajstić information content (AvgIpc) is 2.91. The van der Waals surface area contributed by atoms with Gasteiger partial charge in [0.25, 0.3) is 0 Å². The van der Waals surface area contributed by atoms with Crippen LogP contribution in [0.1, 0.15) is 11.3 Å². The van der Waals surface area contributed by atoms with Crippen molar-refractivity contribution in [3.8, 4) is 0 Å². The SMILES string of the molecule is O=C(Cc1noc2ccccc12)NCCc1cccc(F)c1. The molecule has 2 aromatic carbocycles. The van der Waals surface area contributed by atoms with E-state index in [4.69, 9.17) is 4.52 Å². The van der Waals surface area contributed by atoms with Gasteiger partial charge in [-0.15, -0.1) is 0 Å². The summed E-state index contributed by atoms with van der Waals surface area (Å²) in [5.41, 5.74) is 2.15. The number of hydrogen-bond acceptors (Lipinski definition) is 3. The molecule has 1 N–H and O–H groups in total. The second-order valence-corrected chi connectivity index (χ2v) is 5.03. The third-order valence-electron chi connectivity index (χ3n) is 3.41. The van der Waals surface area contributed by atoms with Crippen LogP contribution in [0.5, 0.6) is 0 Å². The first kappa shape index (κ1) is 14.3. The molecule has 1 aromatic heterocycles. The highest BCUT2D eigenvalue weighted by Gasteiger charge is 2.11. The molecule has 0 radical (unpaired) electrons. The van der Waals surface area contributed by atoms with Crippen LogP contribution in [-0.4, -0.2) is 17.6 Å². The van der Waals surface area contributed by atoms with Crippen LogP contribution in [0.15, 0.2) is 53.1 Å². The molecule has 3 aromatic rings. The Morgan fingerprint density at radius 3 is 2.91 bits per heavy atom. The number of amides is 1. The Bertz CT molecular complexity index is 798. The zero-order chi connectivity index (χ0) is 15.4. The minimum atomic E-state index is -0.266. The molecule has 0 saturated heterocycles. The number of carbonyl (C=O) groups is 1. The Morgan fingerprint density at radius 1 is 1.18 bits per heavy atom. The molecule has 1 heterocycles. The van der Waals surface area contributed by atoms with Crippen LogP contribution in [-0.2, 0) is 17.6 Å². The van der Waals surface area contributed by atoms with Crippen LogP contribution >= 0.6 is 0 Å². The number of fused-ring (bicyclic) bond motifs is 1. The molecule has 0 aliphatic heterocycles. The molecule has 0 saturated carbocycles. The summed E-state index contributed by atoms with van der Waals surface area (Å²) in [5.74, 6) is -0.395. The number of rotatable bonds is 5. The number of aromatic nitrogens is 1. The van der Waals surface area contributed by atoms with Crippen LogP contribution < -0.4 is 5.32 Å². The first-order valence-corrected chi connectivity index (χ1v) is 7.07. The number of para-hydroxylation sites is 1. The van der Waals surface area contributed by atoms with E-state index in [9.17, 15) is 9.18 Å². The van der Waals surface area contributed by atoms with Crippen LogP contribution in [0.4, 0.5) is 4.39 Å². The third kappa shape index (κ3) is 3.31. The molecule has 0 aliphatic rings. The van der Waals surface area contributed by atoms with Crippen molar-refractivity contribution in [2.75, 3.05) is 6.54 Å². The zero-order valence-corrected chi connectivity index (χ0v) is 11.9. The van der Waals surface area contributed by atoms with E-state index in [2.05, 4.69) is 10.5 Å². The molecule has 5 heteroatoms. The second kappa shape index (κ2) is 6.39. The molecule has 112 valence electrons. The first-order chi connectivity index (χ1) is 10.7. The molecule has 0 fully saturated rings. The van der Waals surface area contributed by atoms with Crippen LogP contribution in [0, 0.1) is 5.82 Å². The highest BCUT2D eigenvalue weighted by molar-refractivity contribution is 5.86. The smallest absolute Gasteiger partial charge is 0.226 e. The molecule has 0 aliphatic carbocycles. The summed E-state index contributed by atoms with van der Waals surface area (Å²) in [6.07, 6.45) is 0.753. The van der Waals surface area contributed by atoms with Crippen molar-refractivity contribution >= 4 is 16.9 Å². The van der Waals surface area contributed by atoms with Gasteiger partial charge in [0.1, 0.15) is 11.5 Å². The van der Waals surface area contributed by atoms with E-state index in [0.717, 1.165) is 10.9 Å². The first-order valence-electron chi connectivity index (χ1n) is 7.07. The predicted molar refractivity (Wildman–Crippen MR) is 80.8 cm³/mol. The Morgan fingerprint density at radius 2 is 2.05 bits per heavy atom. The number of carbonyl (C=O) groups excluding carboxylic acids is 1. The van der Waals surface area contributed by atoms with E-state index in [1.165, 1.54) is 12.1 Å². The number of halogens is 1. The number of benzene rings is 2.